The van der Waals surface area contributed by atoms with Gasteiger partial charge >= 0.3 is 11.9 Å². The van der Waals surface area contributed by atoms with Crippen LogP contribution in [0.1, 0.15) is 116 Å². The largest absolute Gasteiger partial charge is 0.463 e. The first kappa shape index (κ1) is 34.4. The van der Waals surface area contributed by atoms with E-state index in [2.05, 4.69) is 13.8 Å². The third-order valence-corrected chi connectivity index (χ3v) is 3.91. The summed E-state index contributed by atoms with van der Waals surface area (Å²) in [6.07, 6.45) is 5.72. The lowest BCUT2D eigenvalue weighted by Gasteiger charge is -2.23. The Kier molecular flexibility index (Phi) is 20.7. The minimum absolute atomic E-state index is 0. The highest BCUT2D eigenvalue weighted by molar-refractivity contribution is 5.80. The molecule has 0 aliphatic rings. The molecule has 0 radical (unpaired) electrons. The maximum atomic E-state index is 11.6. The highest BCUT2D eigenvalue weighted by Gasteiger charge is 2.30. The molecule has 0 heterocycles. The number of ether oxygens (including phenoxy) is 2. The van der Waals surface area contributed by atoms with Crippen LogP contribution in [0.15, 0.2) is 0 Å². The van der Waals surface area contributed by atoms with Crippen molar-refractivity contribution < 1.29 is 19.1 Å². The molecule has 0 unspecified atom stereocenters. The van der Waals surface area contributed by atoms with Gasteiger partial charge in [-0.25, -0.2) is 0 Å². The standard InChI is InChI=1S/C11H22O2.C10H21NO2.2CH4/c1-6-7-8-11(4,5)10(12)13-9(2)3;1-5-6-7-10(4,11)9(12)13-8(2)3;;/h9H,6-8H2,1-5H3;8H,5-7,11H2,1-4H3;2*1H4/t;10-;;/m.1../s1. The molecule has 172 valence electrons. The monoisotopic (exact) mass is 405 g/mol. The van der Waals surface area contributed by atoms with Gasteiger partial charge in [-0.05, 0) is 61.3 Å². The van der Waals surface area contributed by atoms with Crippen LogP contribution in [0.25, 0.3) is 0 Å². The Balaban J connectivity index is -0.000000192. The van der Waals surface area contributed by atoms with E-state index in [1.54, 1.807) is 6.92 Å². The van der Waals surface area contributed by atoms with Gasteiger partial charge in [0, 0.05) is 0 Å². The molecule has 5 nitrogen and oxygen atoms in total. The quantitative estimate of drug-likeness (QED) is 0.433. The van der Waals surface area contributed by atoms with E-state index in [0.29, 0.717) is 6.42 Å². The lowest BCUT2D eigenvalue weighted by Crippen LogP contribution is -2.46. The average molecular weight is 406 g/mol. The molecule has 0 aliphatic heterocycles. The molecule has 0 aliphatic carbocycles. The maximum absolute atomic E-state index is 11.6. The Morgan fingerprint density at radius 2 is 1.14 bits per heavy atom. The van der Waals surface area contributed by atoms with E-state index < -0.39 is 5.54 Å². The number of rotatable bonds is 10. The summed E-state index contributed by atoms with van der Waals surface area (Å²) < 4.78 is 10.2. The van der Waals surface area contributed by atoms with Crippen LogP contribution in [0.5, 0.6) is 0 Å². The molecule has 0 rings (SSSR count). The highest BCUT2D eigenvalue weighted by atomic mass is 16.5. The van der Waals surface area contributed by atoms with Gasteiger partial charge in [-0.15, -0.1) is 0 Å². The van der Waals surface area contributed by atoms with Crippen LogP contribution in [-0.2, 0) is 19.1 Å². The fourth-order valence-corrected chi connectivity index (χ4v) is 2.09. The molecule has 0 spiro atoms. The predicted octanol–water partition coefficient (Wildman–Crippen LogP) is 6.27. The molecule has 5 heteroatoms. The lowest BCUT2D eigenvalue weighted by molar-refractivity contribution is -0.158. The van der Waals surface area contributed by atoms with E-state index in [0.717, 1.165) is 32.1 Å². The highest BCUT2D eigenvalue weighted by Crippen LogP contribution is 2.25. The average Bonchev–Trinajstić information content (AvgIpc) is 2.50. The summed E-state index contributed by atoms with van der Waals surface area (Å²) in [5, 5.41) is 0. The second-order valence-electron chi connectivity index (χ2n) is 8.42. The molecule has 28 heavy (non-hydrogen) atoms. The molecule has 0 aromatic rings. The zero-order valence-corrected chi connectivity index (χ0v) is 18.6. The van der Waals surface area contributed by atoms with Crippen molar-refractivity contribution in [2.45, 2.75) is 133 Å². The van der Waals surface area contributed by atoms with Crippen LogP contribution in [0.3, 0.4) is 0 Å². The summed E-state index contributed by atoms with van der Waals surface area (Å²) >= 11 is 0. The van der Waals surface area contributed by atoms with E-state index in [9.17, 15) is 9.59 Å². The van der Waals surface area contributed by atoms with Gasteiger partial charge in [0.15, 0.2) is 0 Å². The normalized spacial score (nSPS) is 12.7. The van der Waals surface area contributed by atoms with E-state index in [4.69, 9.17) is 15.2 Å². The molecular weight excluding hydrogens is 354 g/mol. The summed E-state index contributed by atoms with van der Waals surface area (Å²) in [5.74, 6) is -0.369. The van der Waals surface area contributed by atoms with Gasteiger partial charge < -0.3 is 15.2 Å². The van der Waals surface area contributed by atoms with Crippen molar-refractivity contribution >= 4 is 11.9 Å². The van der Waals surface area contributed by atoms with Gasteiger partial charge in [-0.2, -0.15) is 0 Å². The van der Waals surface area contributed by atoms with Gasteiger partial charge in [0.1, 0.15) is 5.54 Å². The van der Waals surface area contributed by atoms with Gasteiger partial charge in [0.25, 0.3) is 0 Å². The second-order valence-corrected chi connectivity index (χ2v) is 8.42. The van der Waals surface area contributed by atoms with Crippen molar-refractivity contribution in [3.63, 3.8) is 0 Å². The minimum atomic E-state index is -0.819. The van der Waals surface area contributed by atoms with Crippen molar-refractivity contribution in [2.24, 2.45) is 11.1 Å². The number of nitrogens with two attached hydrogens (primary N) is 1. The summed E-state index contributed by atoms with van der Waals surface area (Å²) in [7, 11) is 0. The van der Waals surface area contributed by atoms with Gasteiger partial charge in [-0.1, -0.05) is 54.4 Å². The zero-order valence-electron chi connectivity index (χ0n) is 18.6. The fraction of sp³-hybridized carbons (Fsp3) is 0.913. The molecule has 0 amide bonds. The first-order valence-electron chi connectivity index (χ1n) is 10.0. The molecule has 0 aromatic heterocycles. The van der Waals surface area contributed by atoms with Crippen LogP contribution in [0.4, 0.5) is 0 Å². The number of hydrogen-bond acceptors (Lipinski definition) is 5. The summed E-state index contributed by atoms with van der Waals surface area (Å²) in [6, 6.07) is 0. The van der Waals surface area contributed by atoms with Crippen LogP contribution < -0.4 is 5.73 Å². The van der Waals surface area contributed by atoms with Crippen molar-refractivity contribution in [3.05, 3.63) is 0 Å². The smallest absolute Gasteiger partial charge is 0.326 e. The minimum Gasteiger partial charge on any atom is -0.463 e. The SMILES string of the molecule is C.C.CCCCC(C)(C)C(=O)OC(C)C.CCCC[C@@](C)(N)C(=O)OC(C)C. The van der Waals surface area contributed by atoms with Crippen molar-refractivity contribution in [3.8, 4) is 0 Å². The molecule has 0 fully saturated rings. The number of unbranched alkanes of at least 4 members (excludes halogenated alkanes) is 2. The first-order chi connectivity index (χ1) is 11.8. The van der Waals surface area contributed by atoms with E-state index in [-0.39, 0.29) is 44.4 Å². The molecule has 0 bridgehead atoms. The maximum Gasteiger partial charge on any atom is 0.326 e. The molecule has 0 saturated heterocycles. The lowest BCUT2D eigenvalue weighted by atomic mass is 9.87. The second kappa shape index (κ2) is 16.8. The molecular formula is C23H51NO4. The summed E-state index contributed by atoms with van der Waals surface area (Å²) in [4.78, 5) is 23.0. The van der Waals surface area contributed by atoms with Crippen LogP contribution in [0.2, 0.25) is 0 Å². The Hall–Kier alpha value is -1.10. The van der Waals surface area contributed by atoms with Crippen molar-refractivity contribution in [1.82, 2.24) is 0 Å². The molecule has 0 aromatic carbocycles. The van der Waals surface area contributed by atoms with Crippen LogP contribution >= 0.6 is 0 Å². The van der Waals surface area contributed by atoms with E-state index in [1.807, 2.05) is 41.5 Å². The predicted molar refractivity (Wildman–Crippen MR) is 121 cm³/mol. The van der Waals surface area contributed by atoms with Gasteiger partial charge in [-0.3, -0.25) is 9.59 Å². The van der Waals surface area contributed by atoms with Crippen LogP contribution in [-0.4, -0.2) is 29.7 Å². The Labute approximate surface area is 176 Å². The number of carbonyl (C=O) groups excluding carboxylic acids is 2. The van der Waals surface area contributed by atoms with E-state index >= 15 is 0 Å². The third kappa shape index (κ3) is 17.0. The molecule has 1 atom stereocenters. The van der Waals surface area contributed by atoms with Gasteiger partial charge in [0.2, 0.25) is 0 Å². The number of hydrogen-bond donors (Lipinski definition) is 1. The zero-order chi connectivity index (χ0) is 21.0. The Morgan fingerprint density at radius 3 is 1.50 bits per heavy atom. The first-order valence-corrected chi connectivity index (χ1v) is 10.0. The Bertz CT molecular complexity index is 363. The summed E-state index contributed by atoms with van der Waals surface area (Å²) in [5.41, 5.74) is 4.68. The topological polar surface area (TPSA) is 78.6 Å². The Morgan fingerprint density at radius 1 is 0.786 bits per heavy atom. The van der Waals surface area contributed by atoms with Crippen molar-refractivity contribution in [1.29, 1.82) is 0 Å². The van der Waals surface area contributed by atoms with Crippen LogP contribution in [0, 0.1) is 5.41 Å². The van der Waals surface area contributed by atoms with E-state index in [1.165, 1.54) is 0 Å². The third-order valence-electron chi connectivity index (χ3n) is 3.91. The summed E-state index contributed by atoms with van der Waals surface area (Å²) in [6.45, 7) is 17.3. The number of carbonyl (C=O) groups is 2. The fourth-order valence-electron chi connectivity index (χ4n) is 2.09. The van der Waals surface area contributed by atoms with Crippen molar-refractivity contribution in [2.75, 3.05) is 0 Å². The molecule has 0 saturated carbocycles. The number of esters is 2. The molecule has 2 N–H and O–H groups in total. The van der Waals surface area contributed by atoms with Gasteiger partial charge in [0.05, 0.1) is 17.6 Å².